The lowest BCUT2D eigenvalue weighted by Gasteiger charge is -2.60. The second-order valence-electron chi connectivity index (χ2n) is 22.5. The fraction of sp³-hybridized carbons (Fsp3) is 0.880. The van der Waals surface area contributed by atoms with Crippen molar-refractivity contribution in [3.63, 3.8) is 0 Å². The number of hydrogen-bond donors (Lipinski definition) is 3. The molecular weight excluding hydrogens is 661 g/mol. The van der Waals surface area contributed by atoms with E-state index in [-0.39, 0.29) is 37.7 Å². The number of thiol groups is 1. The highest BCUT2D eigenvalue weighted by atomic mass is 32.1. The first-order valence-electron chi connectivity index (χ1n) is 22.4. The van der Waals surface area contributed by atoms with Crippen LogP contribution in [0.5, 0.6) is 0 Å². The zero-order chi connectivity index (χ0) is 40.5. The van der Waals surface area contributed by atoms with Crippen molar-refractivity contribution in [1.29, 1.82) is 0 Å². The van der Waals surface area contributed by atoms with Crippen molar-refractivity contribution in [3.8, 4) is 0 Å². The minimum absolute atomic E-state index is 0.000591. The van der Waals surface area contributed by atoms with Crippen molar-refractivity contribution < 1.29 is 0 Å². The fourth-order valence-corrected chi connectivity index (χ4v) is 10.7. The highest BCUT2D eigenvalue weighted by Gasteiger charge is 2.55. The summed E-state index contributed by atoms with van der Waals surface area (Å²) in [6.45, 7) is 47.3. The summed E-state index contributed by atoms with van der Waals surface area (Å²) in [5.74, 6) is 1.96. The van der Waals surface area contributed by atoms with E-state index in [0.717, 1.165) is 69.0 Å². The van der Waals surface area contributed by atoms with E-state index in [2.05, 4.69) is 127 Å². The minimum atomic E-state index is -0.000591. The number of rotatable bonds is 22. The number of nitrogens with one attached hydrogen (secondary N) is 2. The summed E-state index contributed by atoms with van der Waals surface area (Å²) >= 11 is 4.61. The van der Waals surface area contributed by atoms with Gasteiger partial charge in [-0.1, -0.05) is 120 Å². The highest BCUT2D eigenvalue weighted by Crippen LogP contribution is 2.64. The van der Waals surface area contributed by atoms with Crippen molar-refractivity contribution in [2.75, 3.05) is 13.6 Å². The third kappa shape index (κ3) is 13.8. The number of allylic oxidation sites excluding steroid dienone is 2. The first kappa shape index (κ1) is 48.6. The molecule has 0 saturated heterocycles. The van der Waals surface area contributed by atoms with E-state index in [0.29, 0.717) is 0 Å². The van der Waals surface area contributed by atoms with Gasteiger partial charge in [0.1, 0.15) is 0 Å². The van der Waals surface area contributed by atoms with Crippen molar-refractivity contribution in [1.82, 2.24) is 10.6 Å². The summed E-state index contributed by atoms with van der Waals surface area (Å²) in [4.78, 5) is 0. The van der Waals surface area contributed by atoms with Gasteiger partial charge in [0.15, 0.2) is 0 Å². The molecule has 0 aromatic heterocycles. The Morgan fingerprint density at radius 2 is 1.08 bits per heavy atom. The Morgan fingerprint density at radius 1 is 0.623 bits per heavy atom. The normalized spacial score (nSPS) is 25.0. The summed E-state index contributed by atoms with van der Waals surface area (Å²) in [5, 5.41) is 7.75. The summed E-state index contributed by atoms with van der Waals surface area (Å²) in [6.07, 6.45) is 23.1. The summed E-state index contributed by atoms with van der Waals surface area (Å²) in [5.41, 5.74) is 4.56. The molecule has 0 aromatic rings. The Bertz CT molecular complexity index is 1130. The molecule has 0 radical (unpaired) electrons. The third-order valence-electron chi connectivity index (χ3n) is 15.9. The summed E-state index contributed by atoms with van der Waals surface area (Å²) < 4.78 is 0. The molecule has 2 aliphatic rings. The van der Waals surface area contributed by atoms with Crippen LogP contribution in [0.4, 0.5) is 0 Å². The van der Waals surface area contributed by atoms with Gasteiger partial charge in [-0.05, 0) is 180 Å². The predicted octanol–water partition coefficient (Wildman–Crippen LogP) is 15.0. The number of hydrogen-bond acceptors (Lipinski definition) is 3. The zero-order valence-electron chi connectivity index (χ0n) is 38.4. The van der Waals surface area contributed by atoms with Gasteiger partial charge in [-0.25, -0.2) is 0 Å². The average Bonchev–Trinajstić information content (AvgIpc) is 3.05. The maximum Gasteiger partial charge on any atom is 0.0195 e. The third-order valence-corrected chi connectivity index (χ3v) is 16.3. The molecule has 53 heavy (non-hydrogen) atoms. The van der Waals surface area contributed by atoms with Crippen molar-refractivity contribution in [2.45, 2.75) is 223 Å². The van der Waals surface area contributed by atoms with Gasteiger partial charge in [-0.2, -0.15) is 12.6 Å². The second kappa shape index (κ2) is 20.3. The van der Waals surface area contributed by atoms with Crippen LogP contribution in [0.3, 0.4) is 0 Å². The van der Waals surface area contributed by atoms with Gasteiger partial charge < -0.3 is 10.6 Å². The van der Waals surface area contributed by atoms with Crippen LogP contribution in [0.15, 0.2) is 36.5 Å². The molecule has 2 aliphatic carbocycles. The standard InChI is InChI=1S/C50H94N2S/c1-37(40(4)53)22-18-19-23-39(3)50(16,35-45(5,6)7)48(13,14)47(11,12)36-49(15,46(8,9)10)38(2)24-20-21-33-52-44-31-27-42(28-32-44)34-41-25-29-43(51-17)30-26-41/h40-44,51-53H,1-3,18-36H2,4-17H3. The van der Waals surface area contributed by atoms with Crippen molar-refractivity contribution in [2.24, 2.45) is 44.3 Å². The topological polar surface area (TPSA) is 24.1 Å². The maximum atomic E-state index is 4.89. The van der Waals surface area contributed by atoms with Crippen LogP contribution in [0, 0.1) is 44.3 Å². The SMILES string of the molecule is C=C(CCCCC(=C)C(C)(CC(C)(C)C)C(C)(C)C(C)(C)CC(C)(C(=C)CCCCNC1CCC(CC2CCC(NC)CC2)CC1)C(C)(C)C)C(C)S. The van der Waals surface area contributed by atoms with Gasteiger partial charge in [0, 0.05) is 17.3 Å². The lowest BCUT2D eigenvalue weighted by molar-refractivity contribution is -0.0675. The first-order chi connectivity index (χ1) is 24.3. The maximum absolute atomic E-state index is 4.89. The molecule has 0 aliphatic heterocycles. The smallest absolute Gasteiger partial charge is 0.0195 e. The monoisotopic (exact) mass is 755 g/mol. The summed E-state index contributed by atoms with van der Waals surface area (Å²) in [7, 11) is 2.14. The van der Waals surface area contributed by atoms with E-state index >= 15 is 0 Å². The van der Waals surface area contributed by atoms with Crippen LogP contribution in [0.1, 0.15) is 206 Å². The van der Waals surface area contributed by atoms with E-state index in [1.165, 1.54) is 93.8 Å². The Morgan fingerprint density at radius 3 is 1.53 bits per heavy atom. The summed E-state index contributed by atoms with van der Waals surface area (Å²) in [6, 6.07) is 1.50. The molecule has 2 fully saturated rings. The number of unbranched alkanes of at least 4 members (excludes halogenated alkanes) is 2. The van der Waals surface area contributed by atoms with E-state index in [1.807, 2.05) is 0 Å². The van der Waals surface area contributed by atoms with Gasteiger partial charge in [-0.15, -0.1) is 0 Å². The zero-order valence-corrected chi connectivity index (χ0v) is 39.3. The van der Waals surface area contributed by atoms with Crippen molar-refractivity contribution in [3.05, 3.63) is 36.5 Å². The second-order valence-corrected chi connectivity index (χ2v) is 23.2. The van der Waals surface area contributed by atoms with Crippen LogP contribution in [-0.2, 0) is 0 Å². The molecule has 0 bridgehead atoms. The fourth-order valence-electron chi connectivity index (χ4n) is 10.6. The van der Waals surface area contributed by atoms with Crippen LogP contribution in [0.2, 0.25) is 0 Å². The minimum Gasteiger partial charge on any atom is -0.317 e. The molecule has 3 atom stereocenters. The molecular formula is C50H94N2S. The largest absolute Gasteiger partial charge is 0.317 e. The van der Waals surface area contributed by atoms with Crippen LogP contribution in [0.25, 0.3) is 0 Å². The van der Waals surface area contributed by atoms with Gasteiger partial charge in [0.05, 0.1) is 0 Å². The molecule has 0 aromatic carbocycles. The molecule has 0 amide bonds. The molecule has 3 unspecified atom stereocenters. The molecule has 0 heterocycles. The molecule has 2 N–H and O–H groups in total. The van der Waals surface area contributed by atoms with E-state index in [1.54, 1.807) is 0 Å². The lowest BCUT2D eigenvalue weighted by Crippen LogP contribution is -2.51. The van der Waals surface area contributed by atoms with E-state index in [9.17, 15) is 0 Å². The van der Waals surface area contributed by atoms with Gasteiger partial charge in [0.2, 0.25) is 0 Å². The Balaban J connectivity index is 2.00. The molecule has 310 valence electrons. The van der Waals surface area contributed by atoms with Crippen molar-refractivity contribution >= 4 is 12.6 Å². The van der Waals surface area contributed by atoms with E-state index in [4.69, 9.17) is 13.2 Å². The Labute approximate surface area is 339 Å². The van der Waals surface area contributed by atoms with Gasteiger partial charge >= 0.3 is 0 Å². The predicted molar refractivity (Wildman–Crippen MR) is 243 cm³/mol. The Kier molecular flexibility index (Phi) is 18.6. The molecule has 2 rings (SSSR count). The average molecular weight is 755 g/mol. The molecule has 2 nitrogen and oxygen atoms in total. The van der Waals surface area contributed by atoms with Crippen LogP contribution in [-0.4, -0.2) is 30.9 Å². The van der Waals surface area contributed by atoms with Crippen LogP contribution < -0.4 is 10.6 Å². The van der Waals surface area contributed by atoms with Gasteiger partial charge in [-0.3, -0.25) is 0 Å². The quantitative estimate of drug-likeness (QED) is 0.0582. The van der Waals surface area contributed by atoms with E-state index < -0.39 is 0 Å². The first-order valence-corrected chi connectivity index (χ1v) is 22.9. The lowest BCUT2D eigenvalue weighted by atomic mass is 9.44. The molecule has 3 heteroatoms. The molecule has 0 spiro atoms. The van der Waals surface area contributed by atoms with Gasteiger partial charge in [0.25, 0.3) is 0 Å². The highest BCUT2D eigenvalue weighted by molar-refractivity contribution is 7.81. The Hall–Kier alpha value is -0.510. The molecule has 2 saturated carbocycles. The van der Waals surface area contributed by atoms with Crippen LogP contribution >= 0.6 is 12.6 Å².